The molecule has 0 aliphatic heterocycles. The fraction of sp³-hybridized carbons (Fsp3) is 0.351. The van der Waals surface area contributed by atoms with Gasteiger partial charge in [0.15, 0.2) is 0 Å². The average molecular weight is 1170 g/mol. The Balaban J connectivity index is 0.000000308. The number of carboxylic acid groups (broad SMARTS) is 2. The molecule has 24 nitrogen and oxygen atoms in total. The summed E-state index contributed by atoms with van der Waals surface area (Å²) in [5, 5.41) is 34.2. The zero-order chi connectivity index (χ0) is 61.2. The second-order valence-corrected chi connectivity index (χ2v) is 23.8. The van der Waals surface area contributed by atoms with Crippen molar-refractivity contribution >= 4 is 76.8 Å². The van der Waals surface area contributed by atoms with Gasteiger partial charge in [-0.3, -0.25) is 24.4 Å². The molecule has 83 heavy (non-hydrogen) atoms. The van der Waals surface area contributed by atoms with Gasteiger partial charge in [-0.1, -0.05) is 65.8 Å². The number of alkyl carbamates (subject to hydrolysis) is 1. The molecule has 0 fully saturated rings. The van der Waals surface area contributed by atoms with Gasteiger partial charge >= 0.3 is 18.0 Å². The molecule has 2 atom stereocenters. The maximum absolute atomic E-state index is 12.7. The van der Waals surface area contributed by atoms with E-state index in [0.29, 0.717) is 51.6 Å². The summed E-state index contributed by atoms with van der Waals surface area (Å²) in [7, 11) is 0. The van der Waals surface area contributed by atoms with Crippen LogP contribution in [0.3, 0.4) is 0 Å². The molecule has 0 radical (unpaired) electrons. The van der Waals surface area contributed by atoms with Crippen LogP contribution in [-0.2, 0) is 38.2 Å². The van der Waals surface area contributed by atoms with Gasteiger partial charge in [0.2, 0.25) is 11.9 Å². The number of hydrogen-bond acceptors (Lipinski definition) is 21. The van der Waals surface area contributed by atoms with Crippen LogP contribution in [0.4, 0.5) is 16.7 Å². The van der Waals surface area contributed by atoms with Gasteiger partial charge < -0.3 is 58.7 Å². The zero-order valence-corrected chi connectivity index (χ0v) is 49.8. The Kier molecular flexibility index (Phi) is 22.7. The van der Waals surface area contributed by atoms with Crippen molar-refractivity contribution < 1.29 is 38.9 Å². The lowest BCUT2D eigenvalue weighted by Gasteiger charge is -2.21. The quantitative estimate of drug-likeness (QED) is 0.0318. The number of carboxylic acids is 2. The smallest absolute Gasteiger partial charge is 0.408 e. The molecule has 6 aromatic rings. The maximum atomic E-state index is 12.7. The summed E-state index contributed by atoms with van der Waals surface area (Å²) in [4.78, 5) is 95.2. The number of aryl methyl sites for hydroxylation is 2. The monoisotopic (exact) mass is 1170 g/mol. The van der Waals surface area contributed by atoms with E-state index in [1.165, 1.54) is 47.5 Å². The number of aliphatic imine (C=N–C) groups is 2. The van der Waals surface area contributed by atoms with E-state index in [4.69, 9.17) is 27.0 Å². The van der Waals surface area contributed by atoms with E-state index in [-0.39, 0.29) is 41.7 Å². The third-order valence-electron chi connectivity index (χ3n) is 11.4. The average Bonchev–Trinajstić information content (AvgIpc) is 4.37. The number of nitrogens with two attached hydrogens (primary N) is 3. The molecule has 4 aromatic heterocycles. The minimum absolute atomic E-state index is 0.0938. The minimum atomic E-state index is -1.30. The van der Waals surface area contributed by atoms with Gasteiger partial charge in [0.25, 0.3) is 11.8 Å². The highest BCUT2D eigenvalue weighted by atomic mass is 32.1. The Labute approximate surface area is 489 Å². The van der Waals surface area contributed by atoms with Gasteiger partial charge in [-0.25, -0.2) is 39.5 Å². The summed E-state index contributed by atoms with van der Waals surface area (Å²) < 4.78 is 5.11. The number of ether oxygens (including phenoxy) is 1. The number of thiazole rings is 2. The Morgan fingerprint density at radius 1 is 0.639 bits per heavy atom. The van der Waals surface area contributed by atoms with Crippen molar-refractivity contribution in [2.75, 3.05) is 23.7 Å². The van der Waals surface area contributed by atoms with Crippen LogP contribution in [-0.4, -0.2) is 113 Å². The lowest BCUT2D eigenvalue weighted by Crippen LogP contribution is -2.45. The summed E-state index contributed by atoms with van der Waals surface area (Å²) in [5.74, 6) is -2.18. The van der Waals surface area contributed by atoms with Crippen molar-refractivity contribution in [3.8, 4) is 22.5 Å². The second kappa shape index (κ2) is 29.1. The summed E-state index contributed by atoms with van der Waals surface area (Å²) in [6.45, 7) is 21.7. The largest absolute Gasteiger partial charge is 0.480 e. The fourth-order valence-corrected chi connectivity index (χ4v) is 8.75. The molecule has 0 unspecified atom stereocenters. The van der Waals surface area contributed by atoms with E-state index in [2.05, 4.69) is 108 Å². The summed E-state index contributed by atoms with van der Waals surface area (Å²) in [6, 6.07) is 12.8. The van der Waals surface area contributed by atoms with E-state index in [1.807, 2.05) is 50.2 Å². The first-order valence-electron chi connectivity index (χ1n) is 26.0. The SMILES string of the molecule is Cc1cc(-c2ccnc(NC(C=NC[C@H](N)C(=O)O)=CN)n2)ccc1CNC(=O)c1cnc(C(C)(C)C)s1.Cc1cc(-c2ccnc(NC(C=NC[C@H](NC(=O)OC(C)(C)C)C(=O)O)=CN)n2)ccc1CNC(=O)c1cnc(C(C)(C)C)s1. The molecular weight excluding hydrogens is 1100 g/mol. The molecule has 2 aromatic carbocycles. The fourth-order valence-electron chi connectivity index (χ4n) is 6.97. The van der Waals surface area contributed by atoms with Crippen LogP contribution in [0.1, 0.15) is 114 Å². The van der Waals surface area contributed by atoms with Crippen LogP contribution in [0.2, 0.25) is 0 Å². The predicted octanol–water partition coefficient (Wildman–Crippen LogP) is 7.23. The minimum Gasteiger partial charge on any atom is -0.480 e. The number of carbonyl (C=O) groups excluding carboxylic acids is 3. The van der Waals surface area contributed by atoms with Crippen LogP contribution >= 0.6 is 22.7 Å². The lowest BCUT2D eigenvalue weighted by atomic mass is 9.98. The maximum Gasteiger partial charge on any atom is 0.408 e. The highest BCUT2D eigenvalue weighted by molar-refractivity contribution is 7.14. The molecule has 6 rings (SSSR count). The molecule has 13 N–H and O–H groups in total. The Morgan fingerprint density at radius 3 is 1.43 bits per heavy atom. The molecule has 0 bridgehead atoms. The topological polar surface area (TPSA) is 375 Å². The van der Waals surface area contributed by atoms with E-state index in [9.17, 15) is 29.1 Å². The number of aliphatic carboxylic acids is 2. The van der Waals surface area contributed by atoms with E-state index in [0.717, 1.165) is 43.4 Å². The number of amides is 3. The van der Waals surface area contributed by atoms with Crippen LogP contribution in [0, 0.1) is 13.8 Å². The molecule has 440 valence electrons. The first-order chi connectivity index (χ1) is 39.0. The molecule has 3 amide bonds. The highest BCUT2D eigenvalue weighted by Gasteiger charge is 2.25. The van der Waals surface area contributed by atoms with Crippen LogP contribution in [0.5, 0.6) is 0 Å². The van der Waals surface area contributed by atoms with Gasteiger partial charge in [-0.15, -0.1) is 22.7 Å². The molecule has 0 spiro atoms. The number of hydrogen-bond donors (Lipinski definition) is 10. The van der Waals surface area contributed by atoms with Crippen molar-refractivity contribution in [2.45, 2.75) is 118 Å². The molecule has 0 aliphatic carbocycles. The molecule has 26 heteroatoms. The number of benzene rings is 2. The highest BCUT2D eigenvalue weighted by Crippen LogP contribution is 2.29. The predicted molar refractivity (Wildman–Crippen MR) is 323 cm³/mol. The van der Waals surface area contributed by atoms with Crippen molar-refractivity contribution in [2.24, 2.45) is 27.2 Å². The summed E-state index contributed by atoms with van der Waals surface area (Å²) >= 11 is 2.81. The van der Waals surface area contributed by atoms with Crippen LogP contribution in [0.15, 0.2) is 107 Å². The van der Waals surface area contributed by atoms with Crippen LogP contribution in [0.25, 0.3) is 22.5 Å². The molecule has 0 aliphatic rings. The Morgan fingerprint density at radius 2 is 1.07 bits per heavy atom. The van der Waals surface area contributed by atoms with Gasteiger partial charge in [-0.2, -0.15) is 0 Å². The number of aromatic nitrogens is 6. The summed E-state index contributed by atoms with van der Waals surface area (Å²) in [6.07, 6.45) is 10.8. The molecule has 4 heterocycles. The third-order valence-corrected chi connectivity index (χ3v) is 14.3. The van der Waals surface area contributed by atoms with Gasteiger partial charge in [0.05, 0.1) is 58.3 Å². The number of anilines is 2. The number of nitrogens with one attached hydrogen (secondary N) is 5. The van der Waals surface area contributed by atoms with E-state index >= 15 is 0 Å². The van der Waals surface area contributed by atoms with Crippen molar-refractivity contribution in [3.63, 3.8) is 0 Å². The van der Waals surface area contributed by atoms with Crippen LogP contribution < -0.4 is 43.8 Å². The lowest BCUT2D eigenvalue weighted by molar-refractivity contribution is -0.139. The molecular formula is C57H72N16O8S2. The first kappa shape index (κ1) is 64.8. The zero-order valence-electron chi connectivity index (χ0n) is 48.2. The van der Waals surface area contributed by atoms with E-state index < -0.39 is 35.7 Å². The van der Waals surface area contributed by atoms with E-state index in [1.54, 1.807) is 57.7 Å². The Bertz CT molecular complexity index is 3390. The first-order valence-corrected chi connectivity index (χ1v) is 27.6. The number of nitrogens with zero attached hydrogens (tertiary/aromatic N) is 8. The third kappa shape index (κ3) is 20.5. The number of carbonyl (C=O) groups is 5. The van der Waals surface area contributed by atoms with Crippen molar-refractivity contribution in [1.29, 1.82) is 0 Å². The standard InChI is InChI=1S/C31H40N8O5S.C26H32N8O3S/c1-18-12-19(8-9-20(18)14-35-25(40)24-17-36-27(45-24)30(2,3)4)22-10-11-34-28(38-22)37-21(13-32)15-33-16-23(26(41)42)39-29(43)44-31(5,6)7;1-15-9-16(5-6-17(15)11-31-22(35)21-14-32-24(38-21)26(2,3)4)20-7-8-30-25(34-20)33-18(10-27)12-29-13-19(28)23(36)37/h8-13,15,17,23H,14,16,32H2,1-7H3,(H,35,40)(H,39,43)(H,41,42)(H,34,37,38);5-10,12,14,19H,11,13,27-28H2,1-4H3,(H,31,35)(H,36,37)(H,30,33,34)/t23-;19-/m00/s1. The Hall–Kier alpha value is -9.01. The van der Waals surface area contributed by atoms with Gasteiger partial charge in [0.1, 0.15) is 27.4 Å². The second-order valence-electron chi connectivity index (χ2n) is 21.7. The molecule has 0 saturated heterocycles. The van der Waals surface area contributed by atoms with Crippen molar-refractivity contribution in [1.82, 2.24) is 45.9 Å². The van der Waals surface area contributed by atoms with Gasteiger partial charge in [-0.05, 0) is 81.1 Å². The van der Waals surface area contributed by atoms with Gasteiger partial charge in [0, 0.05) is 72.3 Å². The van der Waals surface area contributed by atoms with Crippen molar-refractivity contribution in [3.05, 3.63) is 139 Å². The molecule has 0 saturated carbocycles. The number of rotatable bonds is 21. The number of allylic oxidation sites excluding steroid dienone is 2. The summed E-state index contributed by atoms with van der Waals surface area (Å²) in [5.41, 5.74) is 23.5. The normalized spacial score (nSPS) is 12.9.